The Labute approximate surface area is 247 Å². The number of nitrogens with zero attached hydrogens (tertiary/aromatic N) is 3. The van der Waals surface area contributed by atoms with Crippen LogP contribution in [-0.4, -0.2) is 49.1 Å². The maximum Gasteiger partial charge on any atom is 0.261 e. The number of aromatic amines is 2. The van der Waals surface area contributed by atoms with E-state index in [2.05, 4.69) is 37.4 Å². The van der Waals surface area contributed by atoms with Gasteiger partial charge in [-0.2, -0.15) is 0 Å². The molecule has 0 spiro atoms. The zero-order valence-electron chi connectivity index (χ0n) is 23.3. The fourth-order valence-electron chi connectivity index (χ4n) is 5.53. The Morgan fingerprint density at radius 2 is 1.44 bits per heavy atom. The zero-order valence-corrected chi connectivity index (χ0v) is 23.3. The Kier molecular flexibility index (Phi) is 6.75. The summed E-state index contributed by atoms with van der Waals surface area (Å²) in [5.74, 6) is 0.630. The topological polar surface area (TPSA) is 124 Å². The Bertz CT molecular complexity index is 2010. The standard InChI is InChI=1S/C34H28N6O3/c41-32(35-16-6-9-21-7-2-1-3-8-21)22-12-14-26-28(17-22)38-30(36-26)19-31-37-27-15-13-23(18-29(27)39-31)33(42)40-20-24-10-4-5-11-25(24)34(40)43/h1-5,7-8,10-15,17-18H,6,9,16,19-20H2,(H,35,41)(H,36,38)(H,37,39). The molecule has 3 N–H and O–H groups in total. The van der Waals surface area contributed by atoms with Gasteiger partial charge in [0.1, 0.15) is 11.6 Å². The second-order valence-electron chi connectivity index (χ2n) is 10.7. The molecule has 0 atom stereocenters. The quantitative estimate of drug-likeness (QED) is 0.172. The van der Waals surface area contributed by atoms with E-state index in [1.165, 1.54) is 10.5 Å². The fraction of sp³-hybridized carbons (Fsp3) is 0.147. The van der Waals surface area contributed by atoms with Gasteiger partial charge in [-0.25, -0.2) is 9.97 Å². The van der Waals surface area contributed by atoms with Crippen LogP contribution in [0.4, 0.5) is 0 Å². The zero-order chi connectivity index (χ0) is 29.3. The van der Waals surface area contributed by atoms with Crippen LogP contribution >= 0.6 is 0 Å². The number of hydrogen-bond acceptors (Lipinski definition) is 5. The predicted molar refractivity (Wildman–Crippen MR) is 163 cm³/mol. The Morgan fingerprint density at radius 3 is 2.16 bits per heavy atom. The smallest absolute Gasteiger partial charge is 0.261 e. The first-order chi connectivity index (χ1) is 21.0. The number of carbonyl (C=O) groups excluding carboxylic acids is 3. The van der Waals surface area contributed by atoms with Gasteiger partial charge in [-0.1, -0.05) is 48.5 Å². The van der Waals surface area contributed by atoms with Crippen molar-refractivity contribution in [1.29, 1.82) is 0 Å². The van der Waals surface area contributed by atoms with Crippen LogP contribution in [0.3, 0.4) is 0 Å². The van der Waals surface area contributed by atoms with Gasteiger partial charge in [0.05, 0.1) is 35.0 Å². The van der Waals surface area contributed by atoms with Crippen LogP contribution in [0.5, 0.6) is 0 Å². The van der Waals surface area contributed by atoms with E-state index in [1.807, 2.05) is 36.4 Å². The molecule has 7 rings (SSSR count). The number of amides is 3. The maximum absolute atomic E-state index is 13.2. The van der Waals surface area contributed by atoms with E-state index < -0.39 is 0 Å². The summed E-state index contributed by atoms with van der Waals surface area (Å²) in [4.78, 5) is 55.9. The molecular weight excluding hydrogens is 540 g/mol. The minimum atomic E-state index is -0.346. The normalized spacial score (nSPS) is 12.7. The highest BCUT2D eigenvalue weighted by Crippen LogP contribution is 2.25. The third-order valence-corrected chi connectivity index (χ3v) is 7.75. The summed E-state index contributed by atoms with van der Waals surface area (Å²) in [7, 11) is 0. The molecule has 0 fully saturated rings. The molecule has 3 heterocycles. The van der Waals surface area contributed by atoms with Gasteiger partial charge < -0.3 is 15.3 Å². The molecule has 0 radical (unpaired) electrons. The summed E-state index contributed by atoms with van der Waals surface area (Å²) < 4.78 is 0. The number of imidazole rings is 2. The van der Waals surface area contributed by atoms with Crippen LogP contribution in [0.1, 0.15) is 60.3 Å². The summed E-state index contributed by atoms with van der Waals surface area (Å²) in [5, 5.41) is 3.00. The van der Waals surface area contributed by atoms with Gasteiger partial charge in [0.15, 0.2) is 0 Å². The molecule has 0 aliphatic carbocycles. The number of nitrogens with one attached hydrogen (secondary N) is 3. The lowest BCUT2D eigenvalue weighted by Gasteiger charge is -2.13. The molecule has 9 nitrogen and oxygen atoms in total. The van der Waals surface area contributed by atoms with E-state index in [4.69, 9.17) is 0 Å². The van der Waals surface area contributed by atoms with E-state index in [-0.39, 0.29) is 24.3 Å². The molecule has 43 heavy (non-hydrogen) atoms. The van der Waals surface area contributed by atoms with Crippen molar-refractivity contribution in [3.05, 3.63) is 130 Å². The highest BCUT2D eigenvalue weighted by Gasteiger charge is 2.32. The van der Waals surface area contributed by atoms with Gasteiger partial charge in [-0.15, -0.1) is 0 Å². The van der Waals surface area contributed by atoms with E-state index in [9.17, 15) is 14.4 Å². The summed E-state index contributed by atoms with van der Waals surface area (Å²) in [6.07, 6.45) is 2.19. The number of benzene rings is 4. The Balaban J connectivity index is 1.01. The molecule has 212 valence electrons. The van der Waals surface area contributed by atoms with Crippen molar-refractivity contribution < 1.29 is 14.4 Å². The van der Waals surface area contributed by atoms with Crippen molar-refractivity contribution in [2.24, 2.45) is 0 Å². The van der Waals surface area contributed by atoms with Crippen molar-refractivity contribution >= 4 is 39.8 Å². The molecule has 0 unspecified atom stereocenters. The molecule has 0 saturated carbocycles. The molecule has 2 aromatic heterocycles. The van der Waals surface area contributed by atoms with Crippen LogP contribution in [0, 0.1) is 0 Å². The first-order valence-electron chi connectivity index (χ1n) is 14.3. The Hall–Kier alpha value is -5.57. The van der Waals surface area contributed by atoms with Gasteiger partial charge in [-0.05, 0) is 66.4 Å². The monoisotopic (exact) mass is 568 g/mol. The summed E-state index contributed by atoms with van der Waals surface area (Å²) >= 11 is 0. The molecule has 3 amide bonds. The minimum absolute atomic E-state index is 0.123. The predicted octanol–water partition coefficient (Wildman–Crippen LogP) is 5.19. The molecule has 0 bridgehead atoms. The third kappa shape index (κ3) is 5.28. The van der Waals surface area contributed by atoms with Crippen molar-refractivity contribution in [1.82, 2.24) is 30.2 Å². The molecule has 0 saturated heterocycles. The lowest BCUT2D eigenvalue weighted by molar-refractivity contribution is 0.0630. The van der Waals surface area contributed by atoms with Crippen molar-refractivity contribution in [2.75, 3.05) is 6.54 Å². The van der Waals surface area contributed by atoms with Gasteiger partial charge in [0.2, 0.25) is 0 Å². The largest absolute Gasteiger partial charge is 0.352 e. The first kappa shape index (κ1) is 26.3. The number of fused-ring (bicyclic) bond motifs is 3. The van der Waals surface area contributed by atoms with Crippen LogP contribution in [-0.2, 0) is 19.4 Å². The van der Waals surface area contributed by atoms with Gasteiger partial charge in [0, 0.05) is 23.2 Å². The molecule has 1 aliphatic rings. The van der Waals surface area contributed by atoms with E-state index in [0.29, 0.717) is 52.3 Å². The van der Waals surface area contributed by atoms with Gasteiger partial charge >= 0.3 is 0 Å². The number of imide groups is 1. The number of rotatable bonds is 8. The summed E-state index contributed by atoms with van der Waals surface area (Å²) in [6.45, 7) is 0.861. The SMILES string of the molecule is O=C(NCCCc1ccccc1)c1ccc2[nH]c(Cc3nc4cc(C(=O)N5Cc6ccccc6C5=O)ccc4[nH]3)nc2c1. The number of aromatic nitrogens is 4. The van der Waals surface area contributed by atoms with Crippen molar-refractivity contribution in [3.63, 3.8) is 0 Å². The molecule has 9 heteroatoms. The van der Waals surface area contributed by atoms with E-state index in [1.54, 1.807) is 42.5 Å². The lowest BCUT2D eigenvalue weighted by atomic mass is 10.1. The van der Waals surface area contributed by atoms with Crippen molar-refractivity contribution in [3.8, 4) is 0 Å². The lowest BCUT2D eigenvalue weighted by Crippen LogP contribution is -2.31. The van der Waals surface area contributed by atoms with Gasteiger partial charge in [0.25, 0.3) is 17.7 Å². The number of carbonyl (C=O) groups is 3. The molecule has 4 aromatic carbocycles. The molecule has 6 aromatic rings. The van der Waals surface area contributed by atoms with Gasteiger partial charge in [-0.3, -0.25) is 19.3 Å². The second-order valence-corrected chi connectivity index (χ2v) is 10.7. The third-order valence-electron chi connectivity index (χ3n) is 7.75. The van der Waals surface area contributed by atoms with Crippen LogP contribution in [0.15, 0.2) is 91.0 Å². The van der Waals surface area contributed by atoms with Crippen LogP contribution < -0.4 is 5.32 Å². The Morgan fingerprint density at radius 1 is 0.791 bits per heavy atom. The molecular formula is C34H28N6O3. The fourth-order valence-corrected chi connectivity index (χ4v) is 5.53. The number of hydrogen-bond donors (Lipinski definition) is 3. The average Bonchev–Trinajstić information content (AvgIpc) is 3.73. The highest BCUT2D eigenvalue weighted by atomic mass is 16.2. The maximum atomic E-state index is 13.2. The number of H-pyrrole nitrogens is 2. The highest BCUT2D eigenvalue weighted by molar-refractivity contribution is 6.13. The molecule has 1 aliphatic heterocycles. The van der Waals surface area contributed by atoms with Crippen LogP contribution in [0.25, 0.3) is 22.1 Å². The van der Waals surface area contributed by atoms with E-state index >= 15 is 0 Å². The first-order valence-corrected chi connectivity index (χ1v) is 14.3. The number of aryl methyl sites for hydroxylation is 1. The minimum Gasteiger partial charge on any atom is -0.352 e. The van der Waals surface area contributed by atoms with Crippen LogP contribution in [0.2, 0.25) is 0 Å². The second kappa shape index (κ2) is 11.0. The average molecular weight is 569 g/mol. The van der Waals surface area contributed by atoms with Crippen molar-refractivity contribution in [2.45, 2.75) is 25.8 Å². The van der Waals surface area contributed by atoms with E-state index in [0.717, 1.165) is 29.4 Å². The summed E-state index contributed by atoms with van der Waals surface area (Å²) in [6, 6.07) is 28.2. The summed E-state index contributed by atoms with van der Waals surface area (Å²) in [5.41, 5.74) is 6.58.